The molecule has 0 spiro atoms. The molecule has 0 atom stereocenters. The highest BCUT2D eigenvalue weighted by molar-refractivity contribution is 5.25. The molecule has 2 nitrogen and oxygen atoms in total. The van der Waals surface area contributed by atoms with Crippen molar-refractivity contribution in [2.24, 2.45) is 5.92 Å². The van der Waals surface area contributed by atoms with Gasteiger partial charge < -0.3 is 4.74 Å². The van der Waals surface area contributed by atoms with Crippen LogP contribution in [0.15, 0.2) is 18.3 Å². The van der Waals surface area contributed by atoms with Crippen LogP contribution in [0.1, 0.15) is 32.3 Å². The fourth-order valence-electron chi connectivity index (χ4n) is 1.65. The van der Waals surface area contributed by atoms with Crippen molar-refractivity contribution in [1.82, 2.24) is 4.98 Å². The van der Waals surface area contributed by atoms with E-state index in [-0.39, 0.29) is 0 Å². The van der Waals surface area contributed by atoms with Gasteiger partial charge in [-0.05, 0) is 18.4 Å². The zero-order valence-electron chi connectivity index (χ0n) is 9.29. The standard InChI is InChI=1S/C12H19NO/c1-4-10(5-2)9-11-7-6-8-13-12(11)14-3/h6-8,10H,4-5,9H2,1-3H3. The Kier molecular flexibility index (Phi) is 4.44. The summed E-state index contributed by atoms with van der Waals surface area (Å²) in [6.45, 7) is 4.47. The number of hydrogen-bond donors (Lipinski definition) is 0. The lowest BCUT2D eigenvalue weighted by Crippen LogP contribution is -2.04. The smallest absolute Gasteiger partial charge is 0.216 e. The summed E-state index contributed by atoms with van der Waals surface area (Å²) in [6.07, 6.45) is 5.28. The lowest BCUT2D eigenvalue weighted by molar-refractivity contribution is 0.385. The van der Waals surface area contributed by atoms with Gasteiger partial charge in [-0.25, -0.2) is 4.98 Å². The van der Waals surface area contributed by atoms with Gasteiger partial charge in [0.05, 0.1) is 7.11 Å². The predicted molar refractivity (Wildman–Crippen MR) is 58.6 cm³/mol. The first-order chi connectivity index (χ1) is 6.81. The molecule has 2 heteroatoms. The second-order valence-corrected chi connectivity index (χ2v) is 3.56. The van der Waals surface area contributed by atoms with Gasteiger partial charge in [-0.3, -0.25) is 0 Å². The lowest BCUT2D eigenvalue weighted by atomic mass is 9.95. The number of rotatable bonds is 5. The minimum atomic E-state index is 0.744. The molecule has 0 saturated carbocycles. The summed E-state index contributed by atoms with van der Waals surface area (Å²) in [5.74, 6) is 1.52. The van der Waals surface area contributed by atoms with Crippen molar-refractivity contribution in [3.8, 4) is 5.88 Å². The highest BCUT2D eigenvalue weighted by Crippen LogP contribution is 2.21. The van der Waals surface area contributed by atoms with Crippen molar-refractivity contribution in [3.63, 3.8) is 0 Å². The summed E-state index contributed by atoms with van der Waals surface area (Å²) in [6, 6.07) is 4.07. The van der Waals surface area contributed by atoms with Crippen LogP contribution in [0.3, 0.4) is 0 Å². The Morgan fingerprint density at radius 1 is 1.36 bits per heavy atom. The number of pyridine rings is 1. The molecule has 14 heavy (non-hydrogen) atoms. The SMILES string of the molecule is CCC(CC)Cc1cccnc1OC. The van der Waals surface area contributed by atoms with Crippen molar-refractivity contribution >= 4 is 0 Å². The maximum atomic E-state index is 5.22. The van der Waals surface area contributed by atoms with Gasteiger partial charge in [0.2, 0.25) is 5.88 Å². The predicted octanol–water partition coefficient (Wildman–Crippen LogP) is 3.07. The molecule has 78 valence electrons. The van der Waals surface area contributed by atoms with E-state index in [1.165, 1.54) is 18.4 Å². The topological polar surface area (TPSA) is 22.1 Å². The molecule has 0 radical (unpaired) electrons. The third-order valence-electron chi connectivity index (χ3n) is 2.71. The molecule has 0 aromatic carbocycles. The fraction of sp³-hybridized carbons (Fsp3) is 0.583. The van der Waals surface area contributed by atoms with Crippen LogP contribution in [0.25, 0.3) is 0 Å². The maximum absolute atomic E-state index is 5.22. The van der Waals surface area contributed by atoms with Gasteiger partial charge in [0, 0.05) is 11.8 Å². The number of aromatic nitrogens is 1. The van der Waals surface area contributed by atoms with E-state index in [0.717, 1.165) is 18.2 Å². The van der Waals surface area contributed by atoms with E-state index in [0.29, 0.717) is 0 Å². The van der Waals surface area contributed by atoms with Gasteiger partial charge in [0.25, 0.3) is 0 Å². The Hall–Kier alpha value is -1.05. The Bertz CT molecular complexity index is 269. The van der Waals surface area contributed by atoms with E-state index in [2.05, 4.69) is 24.9 Å². The summed E-state index contributed by atoms with van der Waals surface area (Å²) in [5.41, 5.74) is 1.23. The minimum Gasteiger partial charge on any atom is -0.481 e. The summed E-state index contributed by atoms with van der Waals surface area (Å²) in [7, 11) is 1.68. The zero-order valence-corrected chi connectivity index (χ0v) is 9.29. The van der Waals surface area contributed by atoms with Crippen molar-refractivity contribution in [1.29, 1.82) is 0 Å². The molecular formula is C12H19NO. The third-order valence-corrected chi connectivity index (χ3v) is 2.71. The highest BCUT2D eigenvalue weighted by Gasteiger charge is 2.09. The summed E-state index contributed by atoms with van der Waals surface area (Å²) >= 11 is 0. The second-order valence-electron chi connectivity index (χ2n) is 3.56. The maximum Gasteiger partial charge on any atom is 0.216 e. The van der Waals surface area contributed by atoms with Crippen LogP contribution in [0.2, 0.25) is 0 Å². The summed E-state index contributed by atoms with van der Waals surface area (Å²) in [5, 5.41) is 0. The van der Waals surface area contributed by atoms with Crippen molar-refractivity contribution < 1.29 is 4.74 Å². The van der Waals surface area contributed by atoms with Crippen LogP contribution in [0, 0.1) is 5.92 Å². The molecule has 0 fully saturated rings. The van der Waals surface area contributed by atoms with E-state index in [9.17, 15) is 0 Å². The molecular weight excluding hydrogens is 174 g/mol. The molecule has 0 saturated heterocycles. The van der Waals surface area contributed by atoms with Gasteiger partial charge in [-0.2, -0.15) is 0 Å². The fourth-order valence-corrected chi connectivity index (χ4v) is 1.65. The highest BCUT2D eigenvalue weighted by atomic mass is 16.5. The molecule has 0 unspecified atom stereocenters. The van der Waals surface area contributed by atoms with E-state index in [4.69, 9.17) is 4.74 Å². The molecule has 0 aliphatic rings. The largest absolute Gasteiger partial charge is 0.481 e. The van der Waals surface area contributed by atoms with Crippen LogP contribution >= 0.6 is 0 Å². The van der Waals surface area contributed by atoms with Gasteiger partial charge in [0.1, 0.15) is 0 Å². The van der Waals surface area contributed by atoms with E-state index < -0.39 is 0 Å². The van der Waals surface area contributed by atoms with Crippen molar-refractivity contribution in [3.05, 3.63) is 23.9 Å². The Balaban J connectivity index is 2.74. The Morgan fingerprint density at radius 2 is 2.07 bits per heavy atom. The molecule has 0 aliphatic carbocycles. The van der Waals surface area contributed by atoms with Gasteiger partial charge in [-0.1, -0.05) is 32.8 Å². The van der Waals surface area contributed by atoms with Crippen molar-refractivity contribution in [2.75, 3.05) is 7.11 Å². The zero-order chi connectivity index (χ0) is 10.4. The van der Waals surface area contributed by atoms with Crippen LogP contribution in [-0.4, -0.2) is 12.1 Å². The molecule has 1 aromatic rings. The number of ether oxygens (including phenoxy) is 1. The van der Waals surface area contributed by atoms with Gasteiger partial charge in [-0.15, -0.1) is 0 Å². The number of methoxy groups -OCH3 is 1. The van der Waals surface area contributed by atoms with E-state index >= 15 is 0 Å². The average Bonchev–Trinajstić information content (AvgIpc) is 2.26. The first kappa shape index (κ1) is 11.0. The van der Waals surface area contributed by atoms with E-state index in [1.807, 2.05) is 6.07 Å². The quantitative estimate of drug-likeness (QED) is 0.717. The number of nitrogens with zero attached hydrogens (tertiary/aromatic N) is 1. The van der Waals surface area contributed by atoms with E-state index in [1.54, 1.807) is 13.3 Å². The molecule has 1 aromatic heterocycles. The Labute approximate surface area is 86.3 Å². The summed E-state index contributed by atoms with van der Waals surface area (Å²) < 4.78 is 5.22. The van der Waals surface area contributed by atoms with Crippen LogP contribution in [0.5, 0.6) is 5.88 Å². The van der Waals surface area contributed by atoms with Gasteiger partial charge in [0.15, 0.2) is 0 Å². The molecule has 1 rings (SSSR count). The van der Waals surface area contributed by atoms with Crippen LogP contribution in [0.4, 0.5) is 0 Å². The Morgan fingerprint density at radius 3 is 2.64 bits per heavy atom. The van der Waals surface area contributed by atoms with Crippen LogP contribution in [-0.2, 0) is 6.42 Å². The monoisotopic (exact) mass is 193 g/mol. The number of hydrogen-bond acceptors (Lipinski definition) is 2. The minimum absolute atomic E-state index is 0.744. The van der Waals surface area contributed by atoms with Crippen molar-refractivity contribution in [2.45, 2.75) is 33.1 Å². The molecule has 0 aliphatic heterocycles. The molecule has 0 bridgehead atoms. The molecule has 1 heterocycles. The normalized spacial score (nSPS) is 10.6. The average molecular weight is 193 g/mol. The molecule has 0 amide bonds. The first-order valence-corrected chi connectivity index (χ1v) is 5.29. The lowest BCUT2D eigenvalue weighted by Gasteiger charge is -2.13. The molecule has 0 N–H and O–H groups in total. The second kappa shape index (κ2) is 5.63. The van der Waals surface area contributed by atoms with Gasteiger partial charge >= 0.3 is 0 Å². The third kappa shape index (κ3) is 2.72. The first-order valence-electron chi connectivity index (χ1n) is 5.29. The van der Waals surface area contributed by atoms with Crippen LogP contribution < -0.4 is 4.74 Å². The summed E-state index contributed by atoms with van der Waals surface area (Å²) in [4.78, 5) is 4.20.